The van der Waals surface area contributed by atoms with Crippen molar-refractivity contribution in [3.05, 3.63) is 29.6 Å². The van der Waals surface area contributed by atoms with Crippen LogP contribution in [0, 0.1) is 5.92 Å². The van der Waals surface area contributed by atoms with Gasteiger partial charge in [0.25, 0.3) is 5.91 Å². The van der Waals surface area contributed by atoms with Gasteiger partial charge in [0.2, 0.25) is 0 Å². The number of carbonyl (C=O) groups excluding carboxylic acids is 2. The molecule has 3 aliphatic rings. The fourth-order valence-corrected chi connectivity index (χ4v) is 4.42. The third kappa shape index (κ3) is 2.67. The van der Waals surface area contributed by atoms with Crippen LogP contribution in [0.15, 0.2) is 18.3 Å². The molecule has 1 aromatic rings. The van der Waals surface area contributed by atoms with E-state index in [0.717, 1.165) is 42.8 Å². The molecular formula is C17H18F3N3O2. The number of pyridine rings is 1. The van der Waals surface area contributed by atoms with Gasteiger partial charge >= 0.3 is 12.2 Å². The van der Waals surface area contributed by atoms with Crippen molar-refractivity contribution in [1.29, 1.82) is 0 Å². The maximum atomic E-state index is 12.8. The maximum absolute atomic E-state index is 12.8. The molecule has 5 nitrogen and oxygen atoms in total. The molecule has 25 heavy (non-hydrogen) atoms. The summed E-state index contributed by atoms with van der Waals surface area (Å²) in [7, 11) is 0. The van der Waals surface area contributed by atoms with Crippen LogP contribution in [-0.4, -0.2) is 38.8 Å². The lowest BCUT2D eigenvalue weighted by molar-refractivity contribution is -0.141. The molecular weight excluding hydrogens is 335 g/mol. The average Bonchev–Trinajstić information content (AvgIpc) is 3.06. The molecule has 0 bridgehead atoms. The first-order valence-corrected chi connectivity index (χ1v) is 8.52. The van der Waals surface area contributed by atoms with Crippen LogP contribution in [0.2, 0.25) is 0 Å². The Bertz CT molecular complexity index is 721. The highest BCUT2D eigenvalue weighted by Crippen LogP contribution is 2.43. The second kappa shape index (κ2) is 5.71. The smallest absolute Gasteiger partial charge is 0.309 e. The summed E-state index contributed by atoms with van der Waals surface area (Å²) in [6.45, 7) is -0.145. The summed E-state index contributed by atoms with van der Waals surface area (Å²) in [5.41, 5.74) is -0.762. The third-order valence-electron chi connectivity index (χ3n) is 5.55. The van der Waals surface area contributed by atoms with Gasteiger partial charge in [0.05, 0.1) is 6.54 Å². The van der Waals surface area contributed by atoms with E-state index in [-0.39, 0.29) is 30.1 Å². The first-order valence-electron chi connectivity index (χ1n) is 8.52. The highest BCUT2D eigenvalue weighted by Gasteiger charge is 2.55. The van der Waals surface area contributed by atoms with Crippen molar-refractivity contribution in [3.8, 4) is 0 Å². The minimum atomic E-state index is -4.55. The van der Waals surface area contributed by atoms with Gasteiger partial charge in [-0.3, -0.25) is 14.7 Å². The zero-order chi connectivity index (χ0) is 17.8. The molecule has 134 valence electrons. The summed E-state index contributed by atoms with van der Waals surface area (Å²) in [6, 6.07) is 1.60. The molecule has 0 aromatic carbocycles. The number of urea groups is 1. The van der Waals surface area contributed by atoms with E-state index >= 15 is 0 Å². The molecule has 0 N–H and O–H groups in total. The van der Waals surface area contributed by atoms with Crippen LogP contribution in [0.3, 0.4) is 0 Å². The van der Waals surface area contributed by atoms with Crippen LogP contribution in [0.4, 0.5) is 18.0 Å². The molecule has 2 aliphatic heterocycles. The van der Waals surface area contributed by atoms with Gasteiger partial charge in [-0.1, -0.05) is 12.8 Å². The number of carbonyl (C=O) groups is 2. The number of alkyl halides is 3. The first-order chi connectivity index (χ1) is 11.9. The number of nitrogens with zero attached hydrogens (tertiary/aromatic N) is 3. The molecule has 8 heteroatoms. The Morgan fingerprint density at radius 2 is 1.96 bits per heavy atom. The molecule has 4 rings (SSSR count). The zero-order valence-electron chi connectivity index (χ0n) is 13.5. The van der Waals surface area contributed by atoms with E-state index in [9.17, 15) is 22.8 Å². The van der Waals surface area contributed by atoms with Crippen LogP contribution in [0.1, 0.15) is 43.4 Å². The Kier molecular flexibility index (Phi) is 3.73. The molecule has 3 heterocycles. The fraction of sp³-hybridized carbons (Fsp3) is 0.588. The van der Waals surface area contributed by atoms with E-state index in [1.807, 2.05) is 0 Å². The van der Waals surface area contributed by atoms with Crippen LogP contribution in [-0.2, 0) is 17.5 Å². The van der Waals surface area contributed by atoms with Gasteiger partial charge < -0.3 is 4.90 Å². The van der Waals surface area contributed by atoms with E-state index in [1.54, 1.807) is 4.90 Å². The van der Waals surface area contributed by atoms with Crippen molar-refractivity contribution < 1.29 is 22.8 Å². The van der Waals surface area contributed by atoms with Crippen LogP contribution in [0.25, 0.3) is 0 Å². The summed E-state index contributed by atoms with van der Waals surface area (Å²) in [5, 5.41) is 0. The highest BCUT2D eigenvalue weighted by molar-refractivity contribution is 6.04. The van der Waals surface area contributed by atoms with Crippen LogP contribution in [0.5, 0.6) is 0 Å². The number of imide groups is 1. The molecule has 0 radical (unpaired) electrons. The van der Waals surface area contributed by atoms with Crippen molar-refractivity contribution >= 4 is 11.9 Å². The van der Waals surface area contributed by atoms with E-state index in [4.69, 9.17) is 0 Å². The monoisotopic (exact) mass is 353 g/mol. The van der Waals surface area contributed by atoms with E-state index in [1.165, 1.54) is 6.07 Å². The Morgan fingerprint density at radius 3 is 2.72 bits per heavy atom. The average molecular weight is 353 g/mol. The minimum absolute atomic E-state index is 0.100. The molecule has 2 saturated heterocycles. The maximum Gasteiger partial charge on any atom is 0.433 e. The Morgan fingerprint density at radius 1 is 1.20 bits per heavy atom. The lowest BCUT2D eigenvalue weighted by Gasteiger charge is -2.31. The molecule has 3 atom stereocenters. The molecule has 0 spiro atoms. The van der Waals surface area contributed by atoms with Gasteiger partial charge in [0, 0.05) is 12.2 Å². The normalized spacial score (nSPS) is 29.2. The van der Waals surface area contributed by atoms with Crippen molar-refractivity contribution in [2.24, 2.45) is 5.92 Å². The van der Waals surface area contributed by atoms with Gasteiger partial charge in [-0.25, -0.2) is 4.79 Å². The standard InChI is InChI=1S/C17H18F3N3O2/c18-17(19,20)14-7-10(5-6-21-14)9-22-15(24)13-8-11-3-1-2-4-12(11)23(13)16(22)25/h5-7,11-13H,1-4,8-9H2. The number of hydrogen-bond donors (Lipinski definition) is 0. The van der Waals surface area contributed by atoms with E-state index in [2.05, 4.69) is 4.98 Å². The summed E-state index contributed by atoms with van der Waals surface area (Å²) in [5.74, 6) is 0.0938. The number of halogens is 3. The third-order valence-corrected chi connectivity index (χ3v) is 5.55. The molecule has 3 unspecified atom stereocenters. The molecule has 3 amide bonds. The van der Waals surface area contributed by atoms with Crippen molar-refractivity contribution in [3.63, 3.8) is 0 Å². The predicted octanol–water partition coefficient (Wildman–Crippen LogP) is 3.20. The van der Waals surface area contributed by atoms with E-state index in [0.29, 0.717) is 12.3 Å². The van der Waals surface area contributed by atoms with Crippen molar-refractivity contribution in [2.75, 3.05) is 0 Å². The summed E-state index contributed by atoms with van der Waals surface area (Å²) >= 11 is 0. The quantitative estimate of drug-likeness (QED) is 0.768. The van der Waals surface area contributed by atoms with Gasteiger partial charge in [-0.15, -0.1) is 0 Å². The molecule has 1 aliphatic carbocycles. The molecule has 1 aromatic heterocycles. The SMILES string of the molecule is O=C1C2CC3CCCCC3N2C(=O)N1Cc1ccnc(C(F)(F)F)c1. The van der Waals surface area contributed by atoms with E-state index < -0.39 is 17.9 Å². The van der Waals surface area contributed by atoms with Gasteiger partial charge in [-0.2, -0.15) is 13.2 Å². The number of hydrogen-bond acceptors (Lipinski definition) is 3. The Balaban J connectivity index is 1.55. The van der Waals surface area contributed by atoms with Gasteiger partial charge in [0.1, 0.15) is 11.7 Å². The lowest BCUT2D eigenvalue weighted by Crippen LogP contribution is -2.41. The number of amides is 3. The Hall–Kier alpha value is -2.12. The van der Waals surface area contributed by atoms with Crippen molar-refractivity contribution in [2.45, 2.75) is 56.9 Å². The lowest BCUT2D eigenvalue weighted by atomic mass is 9.84. The second-order valence-electron chi connectivity index (χ2n) is 7.02. The fourth-order valence-electron chi connectivity index (χ4n) is 4.42. The van der Waals surface area contributed by atoms with Gasteiger partial charge in [-0.05, 0) is 42.9 Å². The second-order valence-corrected chi connectivity index (χ2v) is 7.02. The van der Waals surface area contributed by atoms with Gasteiger partial charge in [0.15, 0.2) is 0 Å². The minimum Gasteiger partial charge on any atom is -0.309 e. The molecule has 3 fully saturated rings. The molecule has 1 saturated carbocycles. The summed E-state index contributed by atoms with van der Waals surface area (Å²) < 4.78 is 38.4. The highest BCUT2D eigenvalue weighted by atomic mass is 19.4. The number of aromatic nitrogens is 1. The number of fused-ring (bicyclic) bond motifs is 3. The predicted molar refractivity (Wildman–Crippen MR) is 81.2 cm³/mol. The summed E-state index contributed by atoms with van der Waals surface area (Å²) in [4.78, 5) is 31.5. The first kappa shape index (κ1) is 16.4. The van der Waals surface area contributed by atoms with Crippen molar-refractivity contribution in [1.82, 2.24) is 14.8 Å². The Labute approximate surface area is 142 Å². The number of rotatable bonds is 2. The summed E-state index contributed by atoms with van der Waals surface area (Å²) in [6.07, 6.45) is 1.30. The van der Waals surface area contributed by atoms with Crippen LogP contribution >= 0.6 is 0 Å². The largest absolute Gasteiger partial charge is 0.433 e. The topological polar surface area (TPSA) is 53.5 Å². The zero-order valence-corrected chi connectivity index (χ0v) is 13.5. The van der Waals surface area contributed by atoms with Crippen LogP contribution < -0.4 is 0 Å².